The highest BCUT2D eigenvalue weighted by Crippen LogP contribution is 2.30. The highest BCUT2D eigenvalue weighted by atomic mass is 19.1. The predicted octanol–water partition coefficient (Wildman–Crippen LogP) is 1.67. The van der Waals surface area contributed by atoms with Gasteiger partial charge < -0.3 is 15.5 Å². The van der Waals surface area contributed by atoms with E-state index in [9.17, 15) is 19.4 Å². The fourth-order valence-electron chi connectivity index (χ4n) is 2.64. The number of aromatic hydroxyl groups is 1. The molecule has 2 atom stereocenters. The molecule has 1 amide bonds. The molecule has 0 radical (unpaired) electrons. The van der Waals surface area contributed by atoms with Crippen molar-refractivity contribution in [3.8, 4) is 5.75 Å². The molecule has 2 unspecified atom stereocenters. The van der Waals surface area contributed by atoms with Gasteiger partial charge in [-0.05, 0) is 36.8 Å². The van der Waals surface area contributed by atoms with Crippen LogP contribution in [0.3, 0.4) is 0 Å². The minimum atomic E-state index is -0.579. The zero-order valence-electron chi connectivity index (χ0n) is 10.6. The first-order valence-corrected chi connectivity index (χ1v) is 6.49. The van der Waals surface area contributed by atoms with Crippen molar-refractivity contribution >= 4 is 5.91 Å². The molecular weight excluding hydrogens is 249 g/mol. The van der Waals surface area contributed by atoms with Gasteiger partial charge in [-0.1, -0.05) is 6.42 Å². The Morgan fingerprint density at radius 2 is 2.11 bits per heavy atom. The second-order valence-corrected chi connectivity index (χ2v) is 5.01. The van der Waals surface area contributed by atoms with Crippen molar-refractivity contribution in [2.75, 3.05) is 13.2 Å². The number of aliphatic hydroxyl groups is 1. The van der Waals surface area contributed by atoms with E-state index in [1.54, 1.807) is 0 Å². The Labute approximate surface area is 111 Å². The van der Waals surface area contributed by atoms with Gasteiger partial charge in [0.15, 0.2) is 0 Å². The molecular formula is C14H18FNO3. The molecule has 1 aliphatic carbocycles. The first kappa shape index (κ1) is 13.8. The van der Waals surface area contributed by atoms with E-state index in [1.165, 1.54) is 6.07 Å². The highest BCUT2D eigenvalue weighted by Gasteiger charge is 2.27. The second kappa shape index (κ2) is 6.02. The number of carbonyl (C=O) groups excluding carboxylic acids is 1. The lowest BCUT2D eigenvalue weighted by Gasteiger charge is -2.17. The second-order valence-electron chi connectivity index (χ2n) is 5.01. The number of phenols is 1. The summed E-state index contributed by atoms with van der Waals surface area (Å²) in [5.41, 5.74) is 0.0694. The van der Waals surface area contributed by atoms with Crippen LogP contribution in [0.1, 0.15) is 29.6 Å². The Kier molecular flexibility index (Phi) is 4.37. The van der Waals surface area contributed by atoms with E-state index in [0.29, 0.717) is 6.54 Å². The van der Waals surface area contributed by atoms with Crippen molar-refractivity contribution in [3.63, 3.8) is 0 Å². The summed E-state index contributed by atoms with van der Waals surface area (Å²) in [6, 6.07) is 3.32. The van der Waals surface area contributed by atoms with Gasteiger partial charge in [-0.2, -0.15) is 0 Å². The first-order chi connectivity index (χ1) is 9.11. The summed E-state index contributed by atoms with van der Waals surface area (Å²) in [5.74, 6) is -0.840. The molecule has 5 heteroatoms. The normalized spacial score (nSPS) is 22.4. The molecule has 0 bridgehead atoms. The van der Waals surface area contributed by atoms with Gasteiger partial charge in [0.25, 0.3) is 5.91 Å². The topological polar surface area (TPSA) is 69.6 Å². The third kappa shape index (κ3) is 3.23. The van der Waals surface area contributed by atoms with Crippen LogP contribution in [0.25, 0.3) is 0 Å². The molecule has 1 aromatic rings. The monoisotopic (exact) mass is 267 g/mol. The van der Waals surface area contributed by atoms with Crippen LogP contribution in [0.5, 0.6) is 5.75 Å². The quantitative estimate of drug-likeness (QED) is 0.777. The number of hydrogen-bond donors (Lipinski definition) is 3. The summed E-state index contributed by atoms with van der Waals surface area (Å²) in [5, 5.41) is 21.4. The summed E-state index contributed by atoms with van der Waals surface area (Å²) in [6.45, 7) is 0.614. The van der Waals surface area contributed by atoms with Crippen molar-refractivity contribution in [1.29, 1.82) is 0 Å². The van der Waals surface area contributed by atoms with Crippen LogP contribution in [0.4, 0.5) is 4.39 Å². The smallest absolute Gasteiger partial charge is 0.255 e. The first-order valence-electron chi connectivity index (χ1n) is 6.49. The van der Waals surface area contributed by atoms with Gasteiger partial charge in [0, 0.05) is 19.2 Å². The largest absolute Gasteiger partial charge is 0.507 e. The zero-order valence-corrected chi connectivity index (χ0v) is 10.6. The van der Waals surface area contributed by atoms with E-state index < -0.39 is 11.7 Å². The molecule has 19 heavy (non-hydrogen) atoms. The van der Waals surface area contributed by atoms with E-state index in [2.05, 4.69) is 5.32 Å². The number of halogens is 1. The molecule has 0 aliphatic heterocycles. The fourth-order valence-corrected chi connectivity index (χ4v) is 2.64. The molecule has 0 saturated heterocycles. The molecule has 3 N–H and O–H groups in total. The van der Waals surface area contributed by atoms with E-state index in [1.807, 2.05) is 0 Å². The molecule has 0 aromatic heterocycles. The van der Waals surface area contributed by atoms with Crippen molar-refractivity contribution in [2.24, 2.45) is 11.8 Å². The number of carbonyl (C=O) groups is 1. The van der Waals surface area contributed by atoms with E-state index in [0.717, 1.165) is 31.4 Å². The minimum Gasteiger partial charge on any atom is -0.507 e. The molecule has 1 saturated carbocycles. The van der Waals surface area contributed by atoms with Crippen LogP contribution in [0.15, 0.2) is 18.2 Å². The lowest BCUT2D eigenvalue weighted by atomic mass is 9.97. The van der Waals surface area contributed by atoms with Gasteiger partial charge in [-0.3, -0.25) is 4.79 Å². The van der Waals surface area contributed by atoms with Crippen LogP contribution >= 0.6 is 0 Å². The van der Waals surface area contributed by atoms with Gasteiger partial charge in [0.2, 0.25) is 0 Å². The summed E-state index contributed by atoms with van der Waals surface area (Å²) in [4.78, 5) is 11.9. The fraction of sp³-hybridized carbons (Fsp3) is 0.500. The van der Waals surface area contributed by atoms with Crippen molar-refractivity contribution in [3.05, 3.63) is 29.6 Å². The molecule has 0 heterocycles. The number of phenolic OH excluding ortho intramolecular Hbond substituents is 1. The summed E-state index contributed by atoms with van der Waals surface area (Å²) >= 11 is 0. The molecule has 104 valence electrons. The predicted molar refractivity (Wildman–Crippen MR) is 68.3 cm³/mol. The molecule has 1 aliphatic rings. The molecule has 0 spiro atoms. The standard InChI is InChI=1S/C14H18FNO3/c15-11-4-5-12(13(18)6-11)14(19)16-7-9-2-1-3-10(9)8-17/h4-6,9-10,17-18H,1-3,7-8H2,(H,16,19). The summed E-state index contributed by atoms with van der Waals surface area (Å²) in [7, 11) is 0. The lowest BCUT2D eigenvalue weighted by molar-refractivity contribution is 0.0935. The van der Waals surface area contributed by atoms with Crippen LogP contribution in [0, 0.1) is 17.7 Å². The van der Waals surface area contributed by atoms with E-state index in [-0.39, 0.29) is 29.8 Å². The third-order valence-corrected chi connectivity index (χ3v) is 3.78. The maximum absolute atomic E-state index is 12.8. The SMILES string of the molecule is O=C(NCC1CCCC1CO)c1ccc(F)cc1O. The number of benzene rings is 1. The van der Waals surface area contributed by atoms with Gasteiger partial charge in [-0.25, -0.2) is 4.39 Å². The Bertz CT molecular complexity index is 464. The third-order valence-electron chi connectivity index (χ3n) is 3.78. The molecule has 2 rings (SSSR count). The number of hydrogen-bond acceptors (Lipinski definition) is 3. The maximum atomic E-state index is 12.8. The Morgan fingerprint density at radius 1 is 1.37 bits per heavy atom. The average Bonchev–Trinajstić information content (AvgIpc) is 2.83. The maximum Gasteiger partial charge on any atom is 0.255 e. The summed E-state index contributed by atoms with van der Waals surface area (Å²) in [6.07, 6.45) is 3.04. The lowest BCUT2D eigenvalue weighted by Crippen LogP contribution is -2.31. The highest BCUT2D eigenvalue weighted by molar-refractivity contribution is 5.96. The Balaban J connectivity index is 1.94. The minimum absolute atomic E-state index is 0.0694. The van der Waals surface area contributed by atoms with Crippen molar-refractivity contribution < 1.29 is 19.4 Å². The van der Waals surface area contributed by atoms with Crippen LogP contribution in [-0.2, 0) is 0 Å². The molecule has 1 fully saturated rings. The van der Waals surface area contributed by atoms with Crippen LogP contribution < -0.4 is 5.32 Å². The molecule has 1 aromatic carbocycles. The Hall–Kier alpha value is -1.62. The Morgan fingerprint density at radius 3 is 2.79 bits per heavy atom. The number of rotatable bonds is 4. The van der Waals surface area contributed by atoms with Crippen LogP contribution in [-0.4, -0.2) is 29.3 Å². The van der Waals surface area contributed by atoms with Gasteiger partial charge in [0.1, 0.15) is 11.6 Å². The van der Waals surface area contributed by atoms with E-state index >= 15 is 0 Å². The number of amides is 1. The van der Waals surface area contributed by atoms with Gasteiger partial charge in [-0.15, -0.1) is 0 Å². The van der Waals surface area contributed by atoms with Crippen molar-refractivity contribution in [1.82, 2.24) is 5.32 Å². The molecule has 4 nitrogen and oxygen atoms in total. The van der Waals surface area contributed by atoms with Crippen LogP contribution in [0.2, 0.25) is 0 Å². The number of nitrogens with one attached hydrogen (secondary N) is 1. The number of aliphatic hydroxyl groups excluding tert-OH is 1. The van der Waals surface area contributed by atoms with Gasteiger partial charge in [0.05, 0.1) is 5.56 Å². The van der Waals surface area contributed by atoms with E-state index in [4.69, 9.17) is 0 Å². The van der Waals surface area contributed by atoms with Crippen molar-refractivity contribution in [2.45, 2.75) is 19.3 Å². The van der Waals surface area contributed by atoms with Gasteiger partial charge >= 0.3 is 0 Å². The zero-order chi connectivity index (χ0) is 13.8. The average molecular weight is 267 g/mol. The summed E-state index contributed by atoms with van der Waals surface area (Å²) < 4.78 is 12.8.